The Labute approximate surface area is 257 Å². The van der Waals surface area contributed by atoms with E-state index in [1.165, 1.54) is 17.8 Å². The molecule has 0 saturated heterocycles. The van der Waals surface area contributed by atoms with Crippen molar-refractivity contribution in [3.8, 4) is 17.2 Å². The zero-order chi connectivity index (χ0) is 30.6. The fourth-order valence-corrected chi connectivity index (χ4v) is 5.35. The number of hydrogen-bond donors (Lipinski definition) is 2. The second-order valence-corrected chi connectivity index (χ2v) is 10.7. The number of anilines is 2. The number of benzene rings is 3. The van der Waals surface area contributed by atoms with E-state index < -0.39 is 0 Å². The van der Waals surface area contributed by atoms with E-state index in [0.717, 1.165) is 33.8 Å². The van der Waals surface area contributed by atoms with E-state index in [0.29, 0.717) is 45.3 Å². The molecule has 6 aromatic rings. The van der Waals surface area contributed by atoms with Crippen molar-refractivity contribution < 1.29 is 19.0 Å². The second kappa shape index (κ2) is 12.5. The van der Waals surface area contributed by atoms with Gasteiger partial charge in [0.2, 0.25) is 10.9 Å². The number of imidazole rings is 1. The van der Waals surface area contributed by atoms with Gasteiger partial charge < -0.3 is 24.5 Å². The van der Waals surface area contributed by atoms with Crippen LogP contribution in [0.15, 0.2) is 78.0 Å². The van der Waals surface area contributed by atoms with Gasteiger partial charge in [-0.05, 0) is 67.1 Å². The Morgan fingerprint density at radius 1 is 0.955 bits per heavy atom. The first-order valence-corrected chi connectivity index (χ1v) is 14.6. The number of nitrogens with one attached hydrogen (secondary N) is 2. The Bertz CT molecular complexity index is 1940. The lowest BCUT2D eigenvalue weighted by atomic mass is 10.1. The van der Waals surface area contributed by atoms with Crippen LogP contribution in [-0.2, 0) is 5.75 Å². The topological polar surface area (TPSA) is 129 Å². The molecule has 3 aromatic carbocycles. The molecule has 0 aliphatic rings. The van der Waals surface area contributed by atoms with Gasteiger partial charge in [-0.25, -0.2) is 9.97 Å². The van der Waals surface area contributed by atoms with Gasteiger partial charge in [-0.2, -0.15) is 9.50 Å². The van der Waals surface area contributed by atoms with E-state index >= 15 is 0 Å². The zero-order valence-corrected chi connectivity index (χ0v) is 25.3. The first-order valence-electron chi connectivity index (χ1n) is 13.6. The fraction of sp³-hybridized carbons (Fsp3) is 0.156. The molecule has 0 amide bonds. The predicted molar refractivity (Wildman–Crippen MR) is 170 cm³/mol. The molecule has 0 spiro atoms. The lowest BCUT2D eigenvalue weighted by Gasteiger charge is -2.12. The van der Waals surface area contributed by atoms with Crippen molar-refractivity contribution in [3.63, 3.8) is 0 Å². The van der Waals surface area contributed by atoms with Gasteiger partial charge >= 0.3 is 0 Å². The number of H-pyrrole nitrogens is 1. The lowest BCUT2D eigenvalue weighted by Crippen LogP contribution is -2.03. The summed E-state index contributed by atoms with van der Waals surface area (Å²) in [6, 6.07) is 20.6. The third kappa shape index (κ3) is 6.06. The highest BCUT2D eigenvalue weighted by Gasteiger charge is 2.14. The Balaban J connectivity index is 1.15. The van der Waals surface area contributed by atoms with E-state index in [4.69, 9.17) is 14.2 Å². The van der Waals surface area contributed by atoms with Crippen molar-refractivity contribution in [1.82, 2.24) is 29.5 Å². The number of rotatable bonds is 11. The van der Waals surface area contributed by atoms with Crippen LogP contribution in [0.3, 0.4) is 0 Å². The highest BCUT2D eigenvalue weighted by Crippen LogP contribution is 2.38. The quantitative estimate of drug-likeness (QED) is 0.0988. The molecule has 0 radical (unpaired) electrons. The van der Waals surface area contributed by atoms with E-state index in [2.05, 4.69) is 30.4 Å². The maximum absolute atomic E-state index is 12.9. The average molecular weight is 608 g/mol. The van der Waals surface area contributed by atoms with Crippen molar-refractivity contribution in [1.29, 1.82) is 0 Å². The predicted octanol–water partition coefficient (Wildman–Crippen LogP) is 6.27. The number of allylic oxidation sites excluding steroid dienone is 1. The molecule has 3 heterocycles. The molecule has 6 rings (SSSR count). The maximum atomic E-state index is 12.9. The number of ether oxygens (including phenoxy) is 3. The molecule has 2 N–H and O–H groups in total. The largest absolute Gasteiger partial charge is 0.493 e. The third-order valence-corrected chi connectivity index (χ3v) is 7.60. The van der Waals surface area contributed by atoms with Crippen molar-refractivity contribution in [2.45, 2.75) is 17.8 Å². The fourth-order valence-electron chi connectivity index (χ4n) is 4.66. The number of methoxy groups -OCH3 is 3. The number of thioether (sulfide) groups is 1. The third-order valence-electron chi connectivity index (χ3n) is 6.75. The molecule has 0 aliphatic heterocycles. The van der Waals surface area contributed by atoms with Gasteiger partial charge in [0.1, 0.15) is 11.6 Å². The number of para-hydroxylation sites is 2. The summed E-state index contributed by atoms with van der Waals surface area (Å²) >= 11 is 1.48. The Kier molecular flexibility index (Phi) is 8.15. The zero-order valence-electron chi connectivity index (χ0n) is 24.5. The molecule has 12 heteroatoms. The van der Waals surface area contributed by atoms with E-state index in [1.54, 1.807) is 56.2 Å². The van der Waals surface area contributed by atoms with Crippen LogP contribution in [0.4, 0.5) is 11.5 Å². The Morgan fingerprint density at radius 3 is 2.41 bits per heavy atom. The summed E-state index contributed by atoms with van der Waals surface area (Å²) < 4.78 is 17.8. The van der Waals surface area contributed by atoms with Crippen molar-refractivity contribution >= 4 is 51.9 Å². The standard InChI is InChI=1S/C32H29N7O4S/c1-19-15-29(39-31(33-19)37-32(38-39)44-18-28-35-23-7-5-6-8-24(23)36-28)34-22-12-10-21(11-13-22)25(40)14-9-20-16-26(41-2)30(43-4)27(17-20)42-3/h5-17,34H,18H2,1-4H3,(H,35,36)/b14-9+. The first kappa shape index (κ1) is 28.7. The second-order valence-electron chi connectivity index (χ2n) is 9.74. The molecule has 3 aromatic heterocycles. The number of aryl methyl sites for hydroxylation is 1. The van der Waals surface area contributed by atoms with Crippen LogP contribution in [0.2, 0.25) is 0 Å². The summed E-state index contributed by atoms with van der Waals surface area (Å²) in [4.78, 5) is 30.0. The summed E-state index contributed by atoms with van der Waals surface area (Å²) in [5.74, 6) is 4.02. The number of fused-ring (bicyclic) bond motifs is 2. The molecule has 0 aliphatic carbocycles. The summed E-state index contributed by atoms with van der Waals surface area (Å²) in [5, 5.41) is 8.63. The summed E-state index contributed by atoms with van der Waals surface area (Å²) in [5.41, 5.74) is 4.79. The van der Waals surface area contributed by atoms with Gasteiger partial charge in [0.15, 0.2) is 17.3 Å². The molecular weight excluding hydrogens is 578 g/mol. The molecule has 0 fully saturated rings. The van der Waals surface area contributed by atoms with Crippen molar-refractivity contribution in [3.05, 3.63) is 95.5 Å². The molecule has 0 unspecified atom stereocenters. The van der Waals surface area contributed by atoms with Gasteiger partial charge in [0.25, 0.3) is 5.78 Å². The molecule has 0 bridgehead atoms. The van der Waals surface area contributed by atoms with E-state index in [1.807, 2.05) is 49.4 Å². The van der Waals surface area contributed by atoms with Crippen LogP contribution in [0.1, 0.15) is 27.4 Å². The van der Waals surface area contributed by atoms with Crippen LogP contribution < -0.4 is 19.5 Å². The summed E-state index contributed by atoms with van der Waals surface area (Å²) in [7, 11) is 4.65. The minimum absolute atomic E-state index is 0.144. The minimum Gasteiger partial charge on any atom is -0.493 e. The summed E-state index contributed by atoms with van der Waals surface area (Å²) in [6.45, 7) is 1.91. The molecule has 222 valence electrons. The van der Waals surface area contributed by atoms with E-state index in [-0.39, 0.29) is 5.78 Å². The number of carbonyl (C=O) groups excluding carboxylic acids is 1. The van der Waals surface area contributed by atoms with Crippen LogP contribution >= 0.6 is 11.8 Å². The Hall–Kier alpha value is -5.36. The normalized spacial score (nSPS) is 11.4. The molecule has 44 heavy (non-hydrogen) atoms. The van der Waals surface area contributed by atoms with Gasteiger partial charge in [0, 0.05) is 23.0 Å². The smallest absolute Gasteiger partial charge is 0.255 e. The van der Waals surface area contributed by atoms with Gasteiger partial charge in [-0.15, -0.1) is 5.10 Å². The van der Waals surface area contributed by atoms with Crippen LogP contribution in [0.5, 0.6) is 17.2 Å². The lowest BCUT2D eigenvalue weighted by molar-refractivity contribution is 0.104. The van der Waals surface area contributed by atoms with Crippen LogP contribution in [-0.4, -0.2) is 56.7 Å². The number of hydrogen-bond acceptors (Lipinski definition) is 10. The van der Waals surface area contributed by atoms with Crippen LogP contribution in [0, 0.1) is 6.92 Å². The number of aromatic amines is 1. The number of carbonyl (C=O) groups is 1. The molecule has 0 atom stereocenters. The van der Waals surface area contributed by atoms with Crippen molar-refractivity contribution in [2.24, 2.45) is 0 Å². The van der Waals surface area contributed by atoms with Gasteiger partial charge in [0.05, 0.1) is 38.1 Å². The molecular formula is C32H29N7O4S. The molecule has 11 nitrogen and oxygen atoms in total. The average Bonchev–Trinajstić information content (AvgIpc) is 3.66. The number of nitrogens with zero attached hydrogens (tertiary/aromatic N) is 5. The van der Waals surface area contributed by atoms with E-state index in [9.17, 15) is 4.79 Å². The van der Waals surface area contributed by atoms with Gasteiger partial charge in [-0.3, -0.25) is 4.79 Å². The highest BCUT2D eigenvalue weighted by molar-refractivity contribution is 7.98. The van der Waals surface area contributed by atoms with Gasteiger partial charge in [-0.1, -0.05) is 30.0 Å². The number of ketones is 1. The van der Waals surface area contributed by atoms with Crippen LogP contribution in [0.25, 0.3) is 22.9 Å². The Morgan fingerprint density at radius 2 is 1.70 bits per heavy atom. The highest BCUT2D eigenvalue weighted by atomic mass is 32.2. The number of aromatic nitrogens is 6. The monoisotopic (exact) mass is 607 g/mol. The summed E-state index contributed by atoms with van der Waals surface area (Å²) in [6.07, 6.45) is 3.23. The first-order chi connectivity index (χ1) is 21.4. The van der Waals surface area contributed by atoms with Crippen molar-refractivity contribution in [2.75, 3.05) is 26.6 Å². The molecule has 0 saturated carbocycles. The SMILES string of the molecule is COc1cc(/C=C/C(=O)c2ccc(Nc3cc(C)nc4nc(SCc5nc6ccccc6[nH]5)nn34)cc2)cc(OC)c1OC. The minimum atomic E-state index is -0.144. The maximum Gasteiger partial charge on any atom is 0.255 e.